The van der Waals surface area contributed by atoms with E-state index in [-0.39, 0.29) is 12.5 Å². The summed E-state index contributed by atoms with van der Waals surface area (Å²) in [5, 5.41) is 54.6. The molecule has 0 saturated carbocycles. The van der Waals surface area contributed by atoms with Gasteiger partial charge in [0.1, 0.15) is 24.4 Å². The Morgan fingerprint density at radius 2 is 0.829 bits per heavy atom. The van der Waals surface area contributed by atoms with Gasteiger partial charge in [-0.25, -0.2) is 0 Å². The van der Waals surface area contributed by atoms with Crippen LogP contribution in [0.15, 0.2) is 85.1 Å². The third kappa shape index (κ3) is 44.2. The first kappa shape index (κ1) is 71.4. The number of aliphatic hydroxyl groups excluding tert-OH is 5. The van der Waals surface area contributed by atoms with Crippen molar-refractivity contribution in [3.05, 3.63) is 85.1 Å². The SMILES string of the molecule is CC/C=C\C/C=C\C/C=C\C/C=C\CCCCCCCCCCCCC(=O)NC(COC1OC(CO)C(O)C(O)C1O)C(O)/C=C/CC/C=C/CC/C=C/CCCCCCCCCCCCCCCCCCCCCC. The van der Waals surface area contributed by atoms with Gasteiger partial charge >= 0.3 is 0 Å². The maximum Gasteiger partial charge on any atom is 0.220 e. The van der Waals surface area contributed by atoms with Crippen LogP contribution in [-0.4, -0.2) is 87.5 Å². The predicted octanol–water partition coefficient (Wildman–Crippen LogP) is 16.6. The summed E-state index contributed by atoms with van der Waals surface area (Å²) in [6, 6.07) is -0.837. The Kier molecular flexibility index (Phi) is 52.3. The lowest BCUT2D eigenvalue weighted by atomic mass is 9.99. The number of amides is 1. The fraction of sp³-hybridized carbons (Fsp3) is 0.776. The van der Waals surface area contributed by atoms with E-state index >= 15 is 0 Å². The van der Waals surface area contributed by atoms with Crippen LogP contribution in [0.3, 0.4) is 0 Å². The van der Waals surface area contributed by atoms with Crippen LogP contribution in [0.25, 0.3) is 0 Å². The van der Waals surface area contributed by atoms with Gasteiger partial charge in [0.05, 0.1) is 25.4 Å². The highest BCUT2D eigenvalue weighted by Gasteiger charge is 2.44. The summed E-state index contributed by atoms with van der Waals surface area (Å²) in [4.78, 5) is 13.1. The molecule has 76 heavy (non-hydrogen) atoms. The van der Waals surface area contributed by atoms with E-state index in [1.807, 2.05) is 6.08 Å². The molecule has 6 N–H and O–H groups in total. The molecule has 0 bridgehead atoms. The first-order valence-corrected chi connectivity index (χ1v) is 31.8. The van der Waals surface area contributed by atoms with Crippen molar-refractivity contribution in [3.8, 4) is 0 Å². The van der Waals surface area contributed by atoms with E-state index in [4.69, 9.17) is 9.47 Å². The van der Waals surface area contributed by atoms with Crippen LogP contribution < -0.4 is 5.32 Å². The zero-order valence-corrected chi connectivity index (χ0v) is 49.0. The molecule has 7 unspecified atom stereocenters. The summed E-state index contributed by atoms with van der Waals surface area (Å²) in [6.07, 6.45) is 72.4. The molecule has 7 atom stereocenters. The Morgan fingerprint density at radius 1 is 0.461 bits per heavy atom. The highest BCUT2D eigenvalue weighted by molar-refractivity contribution is 5.76. The summed E-state index contributed by atoms with van der Waals surface area (Å²) in [5.41, 5.74) is 0. The lowest BCUT2D eigenvalue weighted by molar-refractivity contribution is -0.302. The Labute approximate surface area is 467 Å². The number of carbonyl (C=O) groups is 1. The number of hydrogen-bond acceptors (Lipinski definition) is 8. The van der Waals surface area contributed by atoms with E-state index in [2.05, 4.69) is 92.1 Å². The van der Waals surface area contributed by atoms with Gasteiger partial charge in [-0.3, -0.25) is 4.79 Å². The Bertz CT molecular complexity index is 1470. The molecular formula is C67H119NO8. The summed E-state index contributed by atoms with van der Waals surface area (Å²) in [6.45, 7) is 3.66. The molecule has 1 aliphatic heterocycles. The number of carbonyl (C=O) groups excluding carboxylic acids is 1. The van der Waals surface area contributed by atoms with Crippen LogP contribution in [0.4, 0.5) is 0 Å². The standard InChI is InChI=1S/C67H119NO8/c1-3-5-7-9-11-13-15-17-19-21-23-25-27-28-29-30-31-32-33-35-36-38-40-42-44-46-48-50-52-54-56-61(70)60(59-75-67-66(74)65(73)64(72)62(58-69)76-67)68-63(71)57-55-53-51-49-47-45-43-41-39-37-34-26-24-22-20-18-16-14-12-10-8-6-4-2/h6,8,12,14,18,20,24,26,38,40,46,48,54,56,60-62,64-67,69-70,72-74H,3-5,7,9-11,13,15-17,19,21-23,25,27-37,39,41-45,47,49-53,55,57-59H2,1-2H3,(H,68,71)/b8-6-,14-12-,20-18-,26-24-,40-38+,48-46+,56-54+. The molecule has 0 radical (unpaired) electrons. The molecule has 0 aliphatic carbocycles. The number of aliphatic hydroxyl groups is 5. The van der Waals surface area contributed by atoms with Gasteiger partial charge < -0.3 is 40.3 Å². The number of unbranched alkanes of at least 4 members (excludes halogenated alkanes) is 32. The van der Waals surface area contributed by atoms with Gasteiger partial charge in [0.15, 0.2) is 6.29 Å². The highest BCUT2D eigenvalue weighted by Crippen LogP contribution is 2.23. The van der Waals surface area contributed by atoms with Gasteiger partial charge in [0, 0.05) is 6.42 Å². The van der Waals surface area contributed by atoms with Gasteiger partial charge in [0.25, 0.3) is 0 Å². The Hall–Kier alpha value is -2.63. The molecule has 9 heteroatoms. The minimum Gasteiger partial charge on any atom is -0.394 e. The molecule has 0 aromatic rings. The largest absolute Gasteiger partial charge is 0.394 e. The number of ether oxygens (including phenoxy) is 2. The summed E-state index contributed by atoms with van der Waals surface area (Å²) < 4.78 is 11.3. The minimum atomic E-state index is -1.58. The first-order chi connectivity index (χ1) is 37.3. The Balaban J connectivity index is 2.22. The van der Waals surface area contributed by atoms with Gasteiger partial charge in [0.2, 0.25) is 5.91 Å². The number of rotatable bonds is 54. The van der Waals surface area contributed by atoms with E-state index in [0.717, 1.165) is 83.5 Å². The fourth-order valence-electron chi connectivity index (χ4n) is 9.71. The van der Waals surface area contributed by atoms with Gasteiger partial charge in [-0.2, -0.15) is 0 Å². The van der Waals surface area contributed by atoms with Crippen LogP contribution in [-0.2, 0) is 14.3 Å². The summed E-state index contributed by atoms with van der Waals surface area (Å²) in [7, 11) is 0. The predicted molar refractivity (Wildman–Crippen MR) is 322 cm³/mol. The molecule has 9 nitrogen and oxygen atoms in total. The third-order valence-corrected chi connectivity index (χ3v) is 14.7. The van der Waals surface area contributed by atoms with Crippen molar-refractivity contribution in [1.29, 1.82) is 0 Å². The molecule has 1 fully saturated rings. The van der Waals surface area contributed by atoms with E-state index in [0.29, 0.717) is 6.42 Å². The highest BCUT2D eigenvalue weighted by atomic mass is 16.7. The van der Waals surface area contributed by atoms with Crippen LogP contribution in [0.1, 0.15) is 277 Å². The maximum atomic E-state index is 13.1. The van der Waals surface area contributed by atoms with Crippen molar-refractivity contribution < 1.29 is 39.8 Å². The van der Waals surface area contributed by atoms with Gasteiger partial charge in [-0.15, -0.1) is 0 Å². The monoisotopic (exact) mass is 1070 g/mol. The molecule has 1 aliphatic rings. The minimum absolute atomic E-state index is 0.196. The molecule has 0 aromatic heterocycles. The number of nitrogens with one attached hydrogen (secondary N) is 1. The molecule has 0 aromatic carbocycles. The van der Waals surface area contributed by atoms with Crippen LogP contribution in [0, 0.1) is 0 Å². The van der Waals surface area contributed by atoms with E-state index in [1.54, 1.807) is 6.08 Å². The average Bonchev–Trinajstić information content (AvgIpc) is 3.42. The van der Waals surface area contributed by atoms with Crippen LogP contribution in [0.5, 0.6) is 0 Å². The molecule has 1 amide bonds. The second-order valence-electron chi connectivity index (χ2n) is 21.8. The second kappa shape index (κ2) is 55.7. The first-order valence-electron chi connectivity index (χ1n) is 31.8. The summed E-state index contributed by atoms with van der Waals surface area (Å²) >= 11 is 0. The van der Waals surface area contributed by atoms with E-state index in [9.17, 15) is 30.3 Å². The smallest absolute Gasteiger partial charge is 0.220 e. The summed E-state index contributed by atoms with van der Waals surface area (Å²) in [5.74, 6) is -0.196. The maximum absolute atomic E-state index is 13.1. The van der Waals surface area contributed by atoms with Crippen molar-refractivity contribution >= 4 is 5.91 Å². The van der Waals surface area contributed by atoms with Crippen molar-refractivity contribution in [1.82, 2.24) is 5.32 Å². The zero-order valence-electron chi connectivity index (χ0n) is 49.0. The normalized spacial score (nSPS) is 19.4. The fourth-order valence-corrected chi connectivity index (χ4v) is 9.71. The molecule has 1 rings (SSSR count). The van der Waals surface area contributed by atoms with E-state index < -0.39 is 49.5 Å². The van der Waals surface area contributed by atoms with Crippen molar-refractivity contribution in [2.75, 3.05) is 13.2 Å². The van der Waals surface area contributed by atoms with Crippen LogP contribution >= 0.6 is 0 Å². The number of allylic oxidation sites excluding steroid dienone is 13. The zero-order chi connectivity index (χ0) is 55.0. The second-order valence-corrected chi connectivity index (χ2v) is 21.8. The third-order valence-electron chi connectivity index (χ3n) is 14.7. The van der Waals surface area contributed by atoms with Crippen LogP contribution in [0.2, 0.25) is 0 Å². The quantitative estimate of drug-likeness (QED) is 0.0261. The van der Waals surface area contributed by atoms with Gasteiger partial charge in [-0.1, -0.05) is 272 Å². The Morgan fingerprint density at radius 3 is 1.26 bits per heavy atom. The molecular weight excluding hydrogens is 947 g/mol. The number of hydrogen-bond donors (Lipinski definition) is 6. The topological polar surface area (TPSA) is 149 Å². The average molecular weight is 1070 g/mol. The van der Waals surface area contributed by atoms with Crippen molar-refractivity contribution in [2.24, 2.45) is 0 Å². The molecule has 0 spiro atoms. The molecule has 440 valence electrons. The lowest BCUT2D eigenvalue weighted by Gasteiger charge is -2.40. The molecule has 1 heterocycles. The lowest BCUT2D eigenvalue weighted by Crippen LogP contribution is -2.60. The molecule has 1 saturated heterocycles. The van der Waals surface area contributed by atoms with Gasteiger partial charge in [-0.05, 0) is 83.5 Å². The van der Waals surface area contributed by atoms with E-state index in [1.165, 1.54) is 173 Å². The van der Waals surface area contributed by atoms with Crippen molar-refractivity contribution in [3.63, 3.8) is 0 Å². The van der Waals surface area contributed by atoms with Crippen molar-refractivity contribution in [2.45, 2.75) is 320 Å².